The summed E-state index contributed by atoms with van der Waals surface area (Å²) < 4.78 is 0. The topological polar surface area (TPSA) is 46.3 Å². The smallest absolute Gasteiger partial charge is 0.233 e. The average Bonchev–Trinajstić information content (AvgIpc) is 2.47. The lowest BCUT2D eigenvalue weighted by molar-refractivity contribution is -0.132. The Hall–Kier alpha value is -1.00. The molecule has 0 saturated carbocycles. The van der Waals surface area contributed by atoms with Crippen molar-refractivity contribution in [1.82, 2.24) is 4.90 Å². The van der Waals surface area contributed by atoms with Crippen molar-refractivity contribution in [3.63, 3.8) is 0 Å². The van der Waals surface area contributed by atoms with Gasteiger partial charge in [-0.25, -0.2) is 0 Å². The molecule has 0 radical (unpaired) electrons. The number of hydrogen-bond acceptors (Lipinski definition) is 3. The molecule has 1 fully saturated rings. The van der Waals surface area contributed by atoms with E-state index in [9.17, 15) is 4.79 Å². The van der Waals surface area contributed by atoms with Crippen molar-refractivity contribution < 1.29 is 4.79 Å². The third kappa shape index (κ3) is 4.25. The van der Waals surface area contributed by atoms with Gasteiger partial charge in [-0.05, 0) is 44.4 Å². The summed E-state index contributed by atoms with van der Waals surface area (Å²) in [5.74, 6) is 0.789. The molecular formula is C15H22N2OS. The van der Waals surface area contributed by atoms with Crippen molar-refractivity contribution >= 4 is 17.7 Å². The van der Waals surface area contributed by atoms with Crippen LogP contribution in [0.3, 0.4) is 0 Å². The summed E-state index contributed by atoms with van der Waals surface area (Å²) >= 11 is 1.62. The van der Waals surface area contributed by atoms with Crippen molar-refractivity contribution in [3.05, 3.63) is 30.3 Å². The molecule has 1 amide bonds. The SMILES string of the molecule is NCCC1CCCCN1C(=O)CSc1ccccc1. The zero-order valence-electron chi connectivity index (χ0n) is 11.3. The number of nitrogens with zero attached hydrogens (tertiary/aromatic N) is 1. The number of thioether (sulfide) groups is 1. The molecule has 2 N–H and O–H groups in total. The van der Waals surface area contributed by atoms with E-state index in [0.29, 0.717) is 18.3 Å². The first-order valence-corrected chi connectivity index (χ1v) is 7.97. The molecule has 0 spiro atoms. The highest BCUT2D eigenvalue weighted by molar-refractivity contribution is 8.00. The molecule has 1 atom stereocenters. The van der Waals surface area contributed by atoms with Gasteiger partial charge in [-0.3, -0.25) is 4.79 Å². The molecule has 1 saturated heterocycles. The molecule has 1 unspecified atom stereocenters. The standard InChI is InChI=1S/C15H22N2OS/c16-10-9-13-6-4-5-11-17(13)15(18)12-19-14-7-2-1-3-8-14/h1-3,7-8,13H,4-6,9-12,16H2. The molecule has 4 heteroatoms. The Kier molecular flexibility index (Phi) is 5.73. The summed E-state index contributed by atoms with van der Waals surface area (Å²) in [6.07, 6.45) is 4.39. The summed E-state index contributed by atoms with van der Waals surface area (Å²) in [5, 5.41) is 0. The molecule has 2 rings (SSSR count). The number of nitrogens with two attached hydrogens (primary N) is 1. The summed E-state index contributed by atoms with van der Waals surface area (Å²) in [7, 11) is 0. The Labute approximate surface area is 119 Å². The Morgan fingerprint density at radius 2 is 2.11 bits per heavy atom. The molecule has 3 nitrogen and oxygen atoms in total. The van der Waals surface area contributed by atoms with Gasteiger partial charge in [-0.15, -0.1) is 11.8 Å². The fourth-order valence-electron chi connectivity index (χ4n) is 2.57. The van der Waals surface area contributed by atoms with E-state index in [-0.39, 0.29) is 5.91 Å². The monoisotopic (exact) mass is 278 g/mol. The number of rotatable bonds is 5. The lowest BCUT2D eigenvalue weighted by Crippen LogP contribution is -2.45. The minimum atomic E-state index is 0.256. The van der Waals surface area contributed by atoms with Crippen LogP contribution in [0.5, 0.6) is 0 Å². The zero-order chi connectivity index (χ0) is 13.5. The maximum absolute atomic E-state index is 12.3. The predicted octanol–water partition coefficient (Wildman–Crippen LogP) is 2.51. The van der Waals surface area contributed by atoms with Crippen LogP contribution in [0.1, 0.15) is 25.7 Å². The van der Waals surface area contributed by atoms with Crippen LogP contribution < -0.4 is 5.73 Å². The minimum absolute atomic E-state index is 0.256. The van der Waals surface area contributed by atoms with Crippen LogP contribution in [0, 0.1) is 0 Å². The van der Waals surface area contributed by atoms with Gasteiger partial charge < -0.3 is 10.6 Å². The van der Waals surface area contributed by atoms with E-state index < -0.39 is 0 Å². The van der Waals surface area contributed by atoms with E-state index in [0.717, 1.165) is 30.7 Å². The Bertz CT molecular complexity index is 394. The van der Waals surface area contributed by atoms with Crippen LogP contribution in [-0.4, -0.2) is 35.7 Å². The molecule has 19 heavy (non-hydrogen) atoms. The van der Waals surface area contributed by atoms with Crippen LogP contribution in [-0.2, 0) is 4.79 Å². The van der Waals surface area contributed by atoms with Gasteiger partial charge in [-0.1, -0.05) is 18.2 Å². The molecule has 0 bridgehead atoms. The Balaban J connectivity index is 1.87. The highest BCUT2D eigenvalue weighted by Crippen LogP contribution is 2.22. The van der Waals surface area contributed by atoms with Gasteiger partial charge in [0.2, 0.25) is 5.91 Å². The molecule has 0 aromatic heterocycles. The van der Waals surface area contributed by atoms with E-state index in [1.54, 1.807) is 11.8 Å². The molecule has 1 aromatic rings. The number of carbonyl (C=O) groups is 1. The van der Waals surface area contributed by atoms with Crippen LogP contribution in [0.2, 0.25) is 0 Å². The van der Waals surface area contributed by atoms with E-state index in [1.165, 1.54) is 6.42 Å². The molecule has 104 valence electrons. The van der Waals surface area contributed by atoms with Crippen LogP contribution in [0.15, 0.2) is 35.2 Å². The van der Waals surface area contributed by atoms with E-state index in [2.05, 4.69) is 0 Å². The maximum atomic E-state index is 12.3. The third-order valence-electron chi connectivity index (χ3n) is 3.55. The predicted molar refractivity (Wildman–Crippen MR) is 80.2 cm³/mol. The van der Waals surface area contributed by atoms with E-state index >= 15 is 0 Å². The fraction of sp³-hybridized carbons (Fsp3) is 0.533. The first-order chi connectivity index (χ1) is 9.31. The van der Waals surface area contributed by atoms with Crippen molar-refractivity contribution in [1.29, 1.82) is 0 Å². The molecule has 1 aliphatic heterocycles. The summed E-state index contributed by atoms with van der Waals surface area (Å²) in [4.78, 5) is 15.5. The van der Waals surface area contributed by atoms with E-state index in [4.69, 9.17) is 5.73 Å². The third-order valence-corrected chi connectivity index (χ3v) is 4.55. The minimum Gasteiger partial charge on any atom is -0.339 e. The number of likely N-dealkylation sites (tertiary alicyclic amines) is 1. The lowest BCUT2D eigenvalue weighted by atomic mass is 9.99. The van der Waals surface area contributed by atoms with E-state index in [1.807, 2.05) is 35.2 Å². The van der Waals surface area contributed by atoms with Gasteiger partial charge in [0.25, 0.3) is 0 Å². The van der Waals surface area contributed by atoms with Crippen LogP contribution >= 0.6 is 11.8 Å². The summed E-state index contributed by atoms with van der Waals surface area (Å²) in [5.41, 5.74) is 5.64. The van der Waals surface area contributed by atoms with Gasteiger partial charge in [-0.2, -0.15) is 0 Å². The van der Waals surface area contributed by atoms with Gasteiger partial charge in [0.15, 0.2) is 0 Å². The molecule has 1 heterocycles. The number of amides is 1. The van der Waals surface area contributed by atoms with Crippen molar-refractivity contribution in [3.8, 4) is 0 Å². The molecule has 0 aliphatic carbocycles. The van der Waals surface area contributed by atoms with Crippen LogP contribution in [0.4, 0.5) is 0 Å². The lowest BCUT2D eigenvalue weighted by Gasteiger charge is -2.35. The molecule has 1 aliphatic rings. The van der Waals surface area contributed by atoms with Crippen molar-refractivity contribution in [2.24, 2.45) is 5.73 Å². The van der Waals surface area contributed by atoms with Crippen LogP contribution in [0.25, 0.3) is 0 Å². The second-order valence-electron chi connectivity index (χ2n) is 4.92. The zero-order valence-corrected chi connectivity index (χ0v) is 12.1. The fourth-order valence-corrected chi connectivity index (χ4v) is 3.37. The molecule has 1 aromatic carbocycles. The second-order valence-corrected chi connectivity index (χ2v) is 5.96. The maximum Gasteiger partial charge on any atom is 0.233 e. The Morgan fingerprint density at radius 3 is 2.84 bits per heavy atom. The second kappa shape index (κ2) is 7.56. The average molecular weight is 278 g/mol. The van der Waals surface area contributed by atoms with Gasteiger partial charge in [0.1, 0.15) is 0 Å². The summed E-state index contributed by atoms with van der Waals surface area (Å²) in [6, 6.07) is 10.5. The van der Waals surface area contributed by atoms with Crippen molar-refractivity contribution in [2.45, 2.75) is 36.6 Å². The number of piperidine rings is 1. The highest BCUT2D eigenvalue weighted by atomic mass is 32.2. The van der Waals surface area contributed by atoms with Gasteiger partial charge in [0, 0.05) is 17.5 Å². The van der Waals surface area contributed by atoms with Crippen molar-refractivity contribution in [2.75, 3.05) is 18.8 Å². The first kappa shape index (κ1) is 14.4. The molecular weight excluding hydrogens is 256 g/mol. The van der Waals surface area contributed by atoms with Gasteiger partial charge >= 0.3 is 0 Å². The largest absolute Gasteiger partial charge is 0.339 e. The quantitative estimate of drug-likeness (QED) is 0.842. The normalized spacial score (nSPS) is 19.4. The summed E-state index contributed by atoms with van der Waals surface area (Å²) in [6.45, 7) is 1.57. The van der Waals surface area contributed by atoms with Gasteiger partial charge in [0.05, 0.1) is 5.75 Å². The number of benzene rings is 1. The Morgan fingerprint density at radius 1 is 1.32 bits per heavy atom. The number of carbonyl (C=O) groups excluding carboxylic acids is 1. The number of hydrogen-bond donors (Lipinski definition) is 1. The highest BCUT2D eigenvalue weighted by Gasteiger charge is 2.25. The first-order valence-electron chi connectivity index (χ1n) is 6.98.